The number of morpholine rings is 1. The summed E-state index contributed by atoms with van der Waals surface area (Å²) >= 11 is 11.6. The highest BCUT2D eigenvalue weighted by Crippen LogP contribution is 2.22. The van der Waals surface area contributed by atoms with Gasteiger partial charge in [-0.15, -0.1) is 0 Å². The van der Waals surface area contributed by atoms with Gasteiger partial charge in [-0.05, 0) is 29.8 Å². The molecule has 0 spiro atoms. The molecule has 0 saturated carbocycles. The first kappa shape index (κ1) is 16.2. The molecule has 2 aromatic rings. The van der Waals surface area contributed by atoms with E-state index in [1.54, 1.807) is 0 Å². The Morgan fingerprint density at radius 2 is 1.78 bits per heavy atom. The Balaban J connectivity index is 1.72. The molecular weight excluding hydrogens is 330 g/mol. The fraction of sp³-hybridized carbons (Fsp3) is 0.278. The van der Waals surface area contributed by atoms with E-state index >= 15 is 0 Å². The van der Waals surface area contributed by atoms with Crippen molar-refractivity contribution in [1.29, 1.82) is 0 Å². The fourth-order valence-corrected chi connectivity index (χ4v) is 2.92. The molecule has 0 unspecified atom stereocenters. The van der Waals surface area contributed by atoms with Crippen LogP contribution in [0, 0.1) is 0 Å². The van der Waals surface area contributed by atoms with Gasteiger partial charge < -0.3 is 14.4 Å². The molecule has 1 fully saturated rings. The van der Waals surface area contributed by atoms with Crippen molar-refractivity contribution in [2.45, 2.75) is 6.61 Å². The zero-order chi connectivity index (χ0) is 16.1. The highest BCUT2D eigenvalue weighted by Gasteiger charge is 2.18. The first-order chi connectivity index (χ1) is 11.2. The summed E-state index contributed by atoms with van der Waals surface area (Å²) in [5.74, 6) is 0.805. The van der Waals surface area contributed by atoms with Crippen molar-refractivity contribution in [1.82, 2.24) is 4.90 Å². The maximum Gasteiger partial charge on any atom is 0.130 e. The molecule has 0 aromatic heterocycles. The number of thiocarbonyl (C=S) groups is 1. The van der Waals surface area contributed by atoms with Crippen molar-refractivity contribution in [2.24, 2.45) is 0 Å². The lowest BCUT2D eigenvalue weighted by Gasteiger charge is -2.29. The zero-order valence-corrected chi connectivity index (χ0v) is 14.3. The standard InChI is InChI=1S/C18H18ClNO2S/c19-15-7-5-14(6-8-15)13-22-17-4-2-1-3-16(17)18(23)20-9-11-21-12-10-20/h1-8H,9-13H2. The van der Waals surface area contributed by atoms with Crippen molar-refractivity contribution in [3.8, 4) is 5.75 Å². The van der Waals surface area contributed by atoms with Crippen LogP contribution in [0.3, 0.4) is 0 Å². The number of para-hydroxylation sites is 1. The Kier molecular flexibility index (Phi) is 5.49. The van der Waals surface area contributed by atoms with E-state index in [4.69, 9.17) is 33.3 Å². The molecule has 0 N–H and O–H groups in total. The second-order valence-corrected chi connectivity index (χ2v) is 6.14. The molecule has 120 valence electrons. The quantitative estimate of drug-likeness (QED) is 0.781. The van der Waals surface area contributed by atoms with Gasteiger partial charge in [0.05, 0.1) is 18.8 Å². The molecule has 0 aliphatic carbocycles. The SMILES string of the molecule is S=C(c1ccccc1OCc1ccc(Cl)cc1)N1CCOCC1. The average Bonchev–Trinajstić information content (AvgIpc) is 2.62. The van der Waals surface area contributed by atoms with Gasteiger partial charge in [-0.1, -0.05) is 48.1 Å². The lowest BCUT2D eigenvalue weighted by atomic mass is 10.1. The minimum Gasteiger partial charge on any atom is -0.488 e. The van der Waals surface area contributed by atoms with E-state index in [1.165, 1.54) is 0 Å². The van der Waals surface area contributed by atoms with Crippen LogP contribution in [-0.4, -0.2) is 36.2 Å². The Labute approximate surface area is 146 Å². The summed E-state index contributed by atoms with van der Waals surface area (Å²) in [4.78, 5) is 2.99. The van der Waals surface area contributed by atoms with Gasteiger partial charge in [-0.25, -0.2) is 0 Å². The molecule has 1 saturated heterocycles. The van der Waals surface area contributed by atoms with E-state index in [9.17, 15) is 0 Å². The molecule has 1 heterocycles. The molecular formula is C18H18ClNO2S. The van der Waals surface area contributed by atoms with Gasteiger partial charge in [0.15, 0.2) is 0 Å². The van der Waals surface area contributed by atoms with Crippen LogP contribution in [0.2, 0.25) is 5.02 Å². The third kappa shape index (κ3) is 4.22. The molecule has 1 aliphatic heterocycles. The van der Waals surface area contributed by atoms with E-state index in [0.717, 1.165) is 40.0 Å². The van der Waals surface area contributed by atoms with Crippen LogP contribution >= 0.6 is 23.8 Å². The van der Waals surface area contributed by atoms with E-state index < -0.39 is 0 Å². The monoisotopic (exact) mass is 347 g/mol. The molecule has 1 aliphatic rings. The highest BCUT2D eigenvalue weighted by atomic mass is 35.5. The number of halogens is 1. The van der Waals surface area contributed by atoms with E-state index in [2.05, 4.69) is 4.90 Å². The van der Waals surface area contributed by atoms with Gasteiger partial charge in [-0.2, -0.15) is 0 Å². The summed E-state index contributed by atoms with van der Waals surface area (Å²) in [6, 6.07) is 15.6. The number of ether oxygens (including phenoxy) is 2. The lowest BCUT2D eigenvalue weighted by molar-refractivity contribution is 0.0692. The third-order valence-corrected chi connectivity index (χ3v) is 4.45. The molecule has 3 rings (SSSR count). The highest BCUT2D eigenvalue weighted by molar-refractivity contribution is 7.80. The number of rotatable bonds is 4. The number of benzene rings is 2. The normalized spacial score (nSPS) is 14.6. The predicted molar refractivity (Wildman–Crippen MR) is 96.3 cm³/mol. The van der Waals surface area contributed by atoms with Crippen LogP contribution in [0.25, 0.3) is 0 Å². The molecule has 0 amide bonds. The van der Waals surface area contributed by atoms with Crippen molar-refractivity contribution < 1.29 is 9.47 Å². The molecule has 3 nitrogen and oxygen atoms in total. The molecule has 0 atom stereocenters. The van der Waals surface area contributed by atoms with Gasteiger partial charge in [-0.3, -0.25) is 0 Å². The first-order valence-corrected chi connectivity index (χ1v) is 8.36. The third-order valence-electron chi connectivity index (χ3n) is 3.72. The molecule has 0 bridgehead atoms. The number of hydrogen-bond donors (Lipinski definition) is 0. The Morgan fingerprint density at radius 1 is 1.09 bits per heavy atom. The maximum atomic E-state index is 5.99. The van der Waals surface area contributed by atoms with Crippen LogP contribution < -0.4 is 4.74 Å². The van der Waals surface area contributed by atoms with Gasteiger partial charge in [0.1, 0.15) is 17.3 Å². The lowest BCUT2D eigenvalue weighted by Crippen LogP contribution is -2.40. The van der Waals surface area contributed by atoms with Gasteiger partial charge >= 0.3 is 0 Å². The van der Waals surface area contributed by atoms with Gasteiger partial charge in [0.2, 0.25) is 0 Å². The Morgan fingerprint density at radius 3 is 2.52 bits per heavy atom. The van der Waals surface area contributed by atoms with Crippen LogP contribution in [0.1, 0.15) is 11.1 Å². The van der Waals surface area contributed by atoms with Crippen LogP contribution in [0.5, 0.6) is 5.75 Å². The summed E-state index contributed by atoms with van der Waals surface area (Å²) in [7, 11) is 0. The van der Waals surface area contributed by atoms with Crippen molar-refractivity contribution in [3.63, 3.8) is 0 Å². The second-order valence-electron chi connectivity index (χ2n) is 5.32. The molecule has 2 aromatic carbocycles. The van der Waals surface area contributed by atoms with Crippen LogP contribution in [-0.2, 0) is 11.3 Å². The molecule has 0 radical (unpaired) electrons. The summed E-state index contributed by atoms with van der Waals surface area (Å²) < 4.78 is 11.4. The second kappa shape index (κ2) is 7.77. The molecule has 5 heteroatoms. The minimum atomic E-state index is 0.486. The summed E-state index contributed by atoms with van der Waals surface area (Å²) in [5.41, 5.74) is 2.03. The fourth-order valence-electron chi connectivity index (χ4n) is 2.45. The van der Waals surface area contributed by atoms with Crippen LogP contribution in [0.15, 0.2) is 48.5 Å². The average molecular weight is 348 g/mol. The zero-order valence-electron chi connectivity index (χ0n) is 12.7. The smallest absolute Gasteiger partial charge is 0.130 e. The van der Waals surface area contributed by atoms with E-state index in [-0.39, 0.29) is 0 Å². The number of hydrogen-bond acceptors (Lipinski definition) is 3. The molecule has 23 heavy (non-hydrogen) atoms. The van der Waals surface area contributed by atoms with Crippen molar-refractivity contribution in [3.05, 3.63) is 64.7 Å². The topological polar surface area (TPSA) is 21.7 Å². The Bertz CT molecular complexity index is 669. The predicted octanol–water partition coefficient (Wildman–Crippen LogP) is 3.93. The number of nitrogens with zero attached hydrogens (tertiary/aromatic N) is 1. The van der Waals surface area contributed by atoms with Crippen LogP contribution in [0.4, 0.5) is 0 Å². The largest absolute Gasteiger partial charge is 0.488 e. The minimum absolute atomic E-state index is 0.486. The van der Waals surface area contributed by atoms with Gasteiger partial charge in [0, 0.05) is 18.1 Å². The summed E-state index contributed by atoms with van der Waals surface area (Å²) in [6.07, 6.45) is 0. The summed E-state index contributed by atoms with van der Waals surface area (Å²) in [6.45, 7) is 3.57. The summed E-state index contributed by atoms with van der Waals surface area (Å²) in [5, 5.41) is 0.725. The van der Waals surface area contributed by atoms with Crippen molar-refractivity contribution >= 4 is 28.8 Å². The Hall–Kier alpha value is -1.62. The van der Waals surface area contributed by atoms with E-state index in [1.807, 2.05) is 48.5 Å². The van der Waals surface area contributed by atoms with Crippen molar-refractivity contribution in [2.75, 3.05) is 26.3 Å². The van der Waals surface area contributed by atoms with E-state index in [0.29, 0.717) is 19.8 Å². The maximum absolute atomic E-state index is 5.99. The van der Waals surface area contributed by atoms with Gasteiger partial charge in [0.25, 0.3) is 0 Å². The first-order valence-electron chi connectivity index (χ1n) is 7.57.